The Morgan fingerprint density at radius 3 is 2.55 bits per heavy atom. The molecule has 1 atom stereocenters. The number of nitro benzene ring substituents is 1. The summed E-state index contributed by atoms with van der Waals surface area (Å²) in [5.74, 6) is -0.253. The number of amides is 1. The van der Waals surface area contributed by atoms with E-state index in [0.717, 1.165) is 16.6 Å². The first-order valence-electron chi connectivity index (χ1n) is 8.46. The molecule has 11 heteroatoms. The Labute approximate surface area is 173 Å². The molecule has 0 saturated carbocycles. The van der Waals surface area contributed by atoms with E-state index in [1.807, 2.05) is 0 Å². The van der Waals surface area contributed by atoms with Crippen LogP contribution in [0.1, 0.15) is 13.3 Å². The van der Waals surface area contributed by atoms with E-state index in [4.69, 9.17) is 16.3 Å². The zero-order valence-electron chi connectivity index (χ0n) is 16.0. The number of nitrogens with zero attached hydrogens (tertiary/aromatic N) is 2. The molecule has 0 fully saturated rings. The number of benzene rings is 2. The third-order valence-corrected chi connectivity index (χ3v) is 5.57. The van der Waals surface area contributed by atoms with Gasteiger partial charge in [0.2, 0.25) is 15.9 Å². The topological polar surface area (TPSA) is 119 Å². The second-order valence-corrected chi connectivity index (χ2v) is 8.36. The van der Waals surface area contributed by atoms with Gasteiger partial charge in [0, 0.05) is 18.2 Å². The predicted molar refractivity (Wildman–Crippen MR) is 111 cm³/mol. The van der Waals surface area contributed by atoms with Gasteiger partial charge in [-0.15, -0.1) is 0 Å². The average molecular weight is 442 g/mol. The molecule has 2 aromatic rings. The summed E-state index contributed by atoms with van der Waals surface area (Å²) < 4.78 is 31.1. The standard InChI is InChI=1S/C18H20ClN3O6S/c1-4-17(18(23)20-16-11-13(22(24)25)8-9-15(16)19)21(29(3,26)27)12-6-5-7-14(10-12)28-2/h5-11,17H,4H2,1-3H3,(H,20,23). The van der Waals surface area contributed by atoms with E-state index < -0.39 is 26.9 Å². The zero-order valence-corrected chi connectivity index (χ0v) is 17.5. The number of carbonyl (C=O) groups is 1. The molecule has 0 bridgehead atoms. The SMILES string of the molecule is CCC(C(=O)Nc1cc([N+](=O)[O-])ccc1Cl)N(c1cccc(OC)c1)S(C)(=O)=O. The molecule has 0 heterocycles. The van der Waals surface area contributed by atoms with Crippen molar-refractivity contribution >= 4 is 44.6 Å². The number of hydrogen-bond acceptors (Lipinski definition) is 6. The molecule has 0 spiro atoms. The molecule has 0 radical (unpaired) electrons. The molecule has 0 aliphatic rings. The van der Waals surface area contributed by atoms with Gasteiger partial charge < -0.3 is 10.1 Å². The van der Waals surface area contributed by atoms with E-state index in [1.165, 1.54) is 25.3 Å². The Morgan fingerprint density at radius 1 is 1.31 bits per heavy atom. The van der Waals surface area contributed by atoms with Crippen LogP contribution in [0, 0.1) is 10.1 Å². The molecule has 156 valence electrons. The lowest BCUT2D eigenvalue weighted by Crippen LogP contribution is -2.47. The van der Waals surface area contributed by atoms with Crippen molar-refractivity contribution in [1.29, 1.82) is 0 Å². The van der Waals surface area contributed by atoms with E-state index in [1.54, 1.807) is 25.1 Å². The number of ether oxygens (including phenoxy) is 1. The number of nitro groups is 1. The van der Waals surface area contributed by atoms with Crippen molar-refractivity contribution in [3.63, 3.8) is 0 Å². The van der Waals surface area contributed by atoms with Crippen molar-refractivity contribution in [3.8, 4) is 5.75 Å². The summed E-state index contributed by atoms with van der Waals surface area (Å²) in [6, 6.07) is 8.77. The summed E-state index contributed by atoms with van der Waals surface area (Å²) in [6.07, 6.45) is 1.13. The summed E-state index contributed by atoms with van der Waals surface area (Å²) in [5, 5.41) is 13.6. The van der Waals surface area contributed by atoms with Crippen LogP contribution in [0.4, 0.5) is 17.1 Å². The summed E-state index contributed by atoms with van der Waals surface area (Å²) >= 11 is 6.03. The lowest BCUT2D eigenvalue weighted by molar-refractivity contribution is -0.384. The highest BCUT2D eigenvalue weighted by Gasteiger charge is 2.32. The molecular formula is C18H20ClN3O6S. The highest BCUT2D eigenvalue weighted by Crippen LogP contribution is 2.29. The third kappa shape index (κ3) is 5.36. The molecule has 0 saturated heterocycles. The lowest BCUT2D eigenvalue weighted by atomic mass is 10.1. The number of sulfonamides is 1. The molecule has 0 aliphatic heterocycles. The highest BCUT2D eigenvalue weighted by molar-refractivity contribution is 7.92. The van der Waals surface area contributed by atoms with Gasteiger partial charge in [-0.2, -0.15) is 0 Å². The van der Waals surface area contributed by atoms with Gasteiger partial charge in [0.05, 0.1) is 34.7 Å². The van der Waals surface area contributed by atoms with Crippen LogP contribution in [0.3, 0.4) is 0 Å². The van der Waals surface area contributed by atoms with Crippen LogP contribution in [0.5, 0.6) is 5.75 Å². The van der Waals surface area contributed by atoms with Gasteiger partial charge in [-0.25, -0.2) is 8.42 Å². The molecule has 2 rings (SSSR count). The molecule has 0 aliphatic carbocycles. The maximum Gasteiger partial charge on any atom is 0.271 e. The summed E-state index contributed by atoms with van der Waals surface area (Å²) in [5.41, 5.74) is 0.00733. The second-order valence-electron chi connectivity index (χ2n) is 6.09. The van der Waals surface area contributed by atoms with Crippen molar-refractivity contribution in [2.24, 2.45) is 0 Å². The Hall–Kier alpha value is -2.85. The van der Waals surface area contributed by atoms with E-state index >= 15 is 0 Å². The minimum absolute atomic E-state index is 0.0170. The zero-order chi connectivity index (χ0) is 21.8. The van der Waals surface area contributed by atoms with Crippen molar-refractivity contribution < 1.29 is 22.9 Å². The fraction of sp³-hybridized carbons (Fsp3) is 0.278. The van der Waals surface area contributed by atoms with Gasteiger partial charge in [0.25, 0.3) is 5.69 Å². The second kappa shape index (κ2) is 9.10. The molecular weight excluding hydrogens is 422 g/mol. The van der Waals surface area contributed by atoms with E-state index in [0.29, 0.717) is 5.75 Å². The van der Waals surface area contributed by atoms with Crippen molar-refractivity contribution in [3.05, 3.63) is 57.6 Å². The maximum atomic E-state index is 12.9. The summed E-state index contributed by atoms with van der Waals surface area (Å²) in [7, 11) is -2.40. The number of anilines is 2. The van der Waals surface area contributed by atoms with E-state index in [9.17, 15) is 23.3 Å². The van der Waals surface area contributed by atoms with E-state index in [-0.39, 0.29) is 28.5 Å². The summed E-state index contributed by atoms with van der Waals surface area (Å²) in [6.45, 7) is 1.65. The molecule has 1 N–H and O–H groups in total. The fourth-order valence-corrected chi connectivity index (χ4v) is 4.11. The van der Waals surface area contributed by atoms with Gasteiger partial charge >= 0.3 is 0 Å². The van der Waals surface area contributed by atoms with Crippen LogP contribution in [0.25, 0.3) is 0 Å². The minimum Gasteiger partial charge on any atom is -0.497 e. The van der Waals surface area contributed by atoms with Gasteiger partial charge in [0.15, 0.2) is 0 Å². The number of hydrogen-bond donors (Lipinski definition) is 1. The van der Waals surface area contributed by atoms with Crippen LogP contribution >= 0.6 is 11.6 Å². The molecule has 2 aromatic carbocycles. The number of methoxy groups -OCH3 is 1. The van der Waals surface area contributed by atoms with Crippen molar-refractivity contribution in [2.45, 2.75) is 19.4 Å². The first-order valence-corrected chi connectivity index (χ1v) is 10.7. The van der Waals surface area contributed by atoms with Crippen LogP contribution in [0.2, 0.25) is 5.02 Å². The van der Waals surface area contributed by atoms with Crippen LogP contribution in [-0.2, 0) is 14.8 Å². The highest BCUT2D eigenvalue weighted by atomic mass is 35.5. The fourth-order valence-electron chi connectivity index (χ4n) is 2.75. The normalized spacial score (nSPS) is 12.1. The molecule has 1 amide bonds. The molecule has 29 heavy (non-hydrogen) atoms. The van der Waals surface area contributed by atoms with E-state index in [2.05, 4.69) is 5.32 Å². The third-order valence-electron chi connectivity index (χ3n) is 4.06. The largest absolute Gasteiger partial charge is 0.497 e. The van der Waals surface area contributed by atoms with Gasteiger partial charge in [0.1, 0.15) is 11.8 Å². The molecule has 1 unspecified atom stereocenters. The number of carbonyl (C=O) groups excluding carboxylic acids is 1. The lowest BCUT2D eigenvalue weighted by Gasteiger charge is -2.30. The number of non-ortho nitro benzene ring substituents is 1. The Balaban J connectivity index is 2.44. The molecule has 9 nitrogen and oxygen atoms in total. The first-order chi connectivity index (χ1) is 13.6. The van der Waals surface area contributed by atoms with Gasteiger partial charge in [-0.3, -0.25) is 19.2 Å². The Morgan fingerprint density at radius 2 is 2.00 bits per heavy atom. The summed E-state index contributed by atoms with van der Waals surface area (Å²) in [4.78, 5) is 23.3. The minimum atomic E-state index is -3.85. The number of halogens is 1. The Kier molecular flexibility index (Phi) is 7.04. The predicted octanol–water partition coefficient (Wildman–Crippen LogP) is 3.44. The quantitative estimate of drug-likeness (QED) is 0.495. The smallest absolute Gasteiger partial charge is 0.271 e. The van der Waals surface area contributed by atoms with Gasteiger partial charge in [-0.1, -0.05) is 24.6 Å². The monoisotopic (exact) mass is 441 g/mol. The van der Waals surface area contributed by atoms with Crippen LogP contribution in [-0.4, -0.2) is 38.7 Å². The number of nitrogens with one attached hydrogen (secondary N) is 1. The first kappa shape index (κ1) is 22.4. The average Bonchev–Trinajstić information content (AvgIpc) is 2.66. The van der Waals surface area contributed by atoms with Crippen LogP contribution in [0.15, 0.2) is 42.5 Å². The van der Waals surface area contributed by atoms with Crippen molar-refractivity contribution in [1.82, 2.24) is 0 Å². The maximum absolute atomic E-state index is 12.9. The van der Waals surface area contributed by atoms with Crippen LogP contribution < -0.4 is 14.4 Å². The molecule has 0 aromatic heterocycles. The van der Waals surface area contributed by atoms with Crippen molar-refractivity contribution in [2.75, 3.05) is 23.0 Å². The van der Waals surface area contributed by atoms with Gasteiger partial charge in [-0.05, 0) is 24.6 Å². The Bertz CT molecular complexity index is 1030. The number of rotatable bonds is 8.